The molecule has 0 heterocycles. The van der Waals surface area contributed by atoms with Crippen LogP contribution in [0, 0.1) is 0 Å². The molecule has 0 aliphatic heterocycles. The summed E-state index contributed by atoms with van der Waals surface area (Å²) in [7, 11) is -2.10. The molecule has 0 radical (unpaired) electrons. The Morgan fingerprint density at radius 2 is 1.18 bits per heavy atom. The van der Waals surface area contributed by atoms with Gasteiger partial charge in [-0.15, -0.1) is 0 Å². The van der Waals surface area contributed by atoms with Gasteiger partial charge < -0.3 is 14.7 Å². The molecule has 0 aliphatic rings. The first kappa shape index (κ1) is 20.0. The molecule has 0 spiro atoms. The molecule has 0 saturated carbocycles. The Hall–Kier alpha value is 0.711. The molecule has 0 aromatic heterocycles. The largest absolute Gasteiger partial charge is 2.00 e. The number of rotatable bonds is 12. The molecule has 0 saturated heterocycles. The van der Waals surface area contributed by atoms with Gasteiger partial charge in [-0.3, -0.25) is 0 Å². The van der Waals surface area contributed by atoms with Crippen LogP contribution in [-0.4, -0.2) is 37.0 Å². The van der Waals surface area contributed by atoms with Crippen molar-refractivity contribution in [2.24, 2.45) is 0 Å². The second kappa shape index (κ2) is 16.7. The van der Waals surface area contributed by atoms with E-state index in [1.165, 1.54) is 51.4 Å². The Bertz CT molecular complexity index is 137. The van der Waals surface area contributed by atoms with Gasteiger partial charge in [0.05, 0.1) is 7.32 Å². The van der Waals surface area contributed by atoms with Crippen LogP contribution in [0.1, 0.15) is 71.1 Å². The van der Waals surface area contributed by atoms with Gasteiger partial charge in [-0.05, 0) is 6.42 Å². The molecule has 0 aliphatic carbocycles. The van der Waals surface area contributed by atoms with Gasteiger partial charge in [0.1, 0.15) is 0 Å². The van der Waals surface area contributed by atoms with E-state index in [0.717, 1.165) is 12.8 Å². The molecule has 0 atom stereocenters. The molecule has 5 heteroatoms. The first-order valence-electron chi connectivity index (χ1n) is 6.70. The van der Waals surface area contributed by atoms with Crippen molar-refractivity contribution < 1.29 is 14.7 Å². The van der Waals surface area contributed by atoms with Crippen molar-refractivity contribution in [3.63, 3.8) is 0 Å². The average molecular weight is 252 g/mol. The summed E-state index contributed by atoms with van der Waals surface area (Å²) in [4.78, 5) is 0. The van der Waals surface area contributed by atoms with E-state index in [1.807, 2.05) is 0 Å². The molecule has 0 amide bonds. The second-order valence-corrected chi connectivity index (χ2v) is 4.34. The zero-order valence-corrected chi connectivity index (χ0v) is 12.7. The van der Waals surface area contributed by atoms with Gasteiger partial charge in [-0.2, -0.15) is 0 Å². The average Bonchev–Trinajstić information content (AvgIpc) is 2.25. The topological polar surface area (TPSA) is 55.3 Å². The van der Waals surface area contributed by atoms with E-state index < -0.39 is 7.32 Å². The SMILES string of the molecule is CCCCCCCCCCCCOB([O-])[O-].[Mg+2]. The molecule has 0 N–H and O–H groups in total. The Labute approximate surface area is 123 Å². The monoisotopic (exact) mass is 252 g/mol. The van der Waals surface area contributed by atoms with Crippen molar-refractivity contribution in [1.82, 2.24) is 0 Å². The van der Waals surface area contributed by atoms with Crippen LogP contribution in [0.4, 0.5) is 0 Å². The van der Waals surface area contributed by atoms with E-state index in [1.54, 1.807) is 0 Å². The molecule has 96 valence electrons. The molecule has 0 bridgehead atoms. The van der Waals surface area contributed by atoms with Crippen LogP contribution >= 0.6 is 0 Å². The second-order valence-electron chi connectivity index (χ2n) is 4.34. The van der Waals surface area contributed by atoms with Crippen LogP contribution in [-0.2, 0) is 4.65 Å². The van der Waals surface area contributed by atoms with E-state index in [2.05, 4.69) is 11.6 Å². The normalized spacial score (nSPS) is 10.1. The van der Waals surface area contributed by atoms with Crippen LogP contribution in [0.5, 0.6) is 0 Å². The van der Waals surface area contributed by atoms with Crippen molar-refractivity contribution in [3.05, 3.63) is 0 Å². The maximum Gasteiger partial charge on any atom is 2.00 e. The summed E-state index contributed by atoms with van der Waals surface area (Å²) in [5, 5.41) is 20.0. The fraction of sp³-hybridized carbons (Fsp3) is 1.00. The number of hydrogen-bond acceptors (Lipinski definition) is 3. The molecule has 17 heavy (non-hydrogen) atoms. The fourth-order valence-electron chi connectivity index (χ4n) is 1.77. The molecule has 3 nitrogen and oxygen atoms in total. The van der Waals surface area contributed by atoms with E-state index in [9.17, 15) is 10.0 Å². The molecule has 0 rings (SSSR count). The summed E-state index contributed by atoms with van der Waals surface area (Å²) in [6.07, 6.45) is 12.4. The molecule has 0 aromatic carbocycles. The quantitative estimate of drug-likeness (QED) is 0.388. The van der Waals surface area contributed by atoms with Gasteiger partial charge in [0, 0.05) is 6.61 Å². The fourth-order valence-corrected chi connectivity index (χ4v) is 1.77. The van der Waals surface area contributed by atoms with Crippen molar-refractivity contribution in [2.45, 2.75) is 71.1 Å². The third-order valence-electron chi connectivity index (χ3n) is 2.75. The van der Waals surface area contributed by atoms with E-state index >= 15 is 0 Å². The maximum absolute atomic E-state index is 10.0. The first-order chi connectivity index (χ1) is 7.77. The minimum Gasteiger partial charge on any atom is -0.871 e. The van der Waals surface area contributed by atoms with Crippen LogP contribution in [0.15, 0.2) is 0 Å². The van der Waals surface area contributed by atoms with Gasteiger partial charge in [0.25, 0.3) is 0 Å². The molecule has 0 fully saturated rings. The molecule has 0 unspecified atom stereocenters. The minimum atomic E-state index is -2.10. The van der Waals surface area contributed by atoms with Crippen LogP contribution < -0.4 is 10.0 Å². The van der Waals surface area contributed by atoms with Crippen molar-refractivity contribution >= 4 is 30.4 Å². The Kier molecular flexibility index (Phi) is 19.7. The molecule has 0 aromatic rings. The standard InChI is InChI=1S/C12H25BO3.Mg/c1-2-3-4-5-6-7-8-9-10-11-12-16-13(14)15;/h2-12H2,1H3;/q-2;+2. The zero-order chi connectivity index (χ0) is 12.1. The van der Waals surface area contributed by atoms with E-state index in [4.69, 9.17) is 0 Å². The third-order valence-corrected chi connectivity index (χ3v) is 2.75. The van der Waals surface area contributed by atoms with Crippen LogP contribution in [0.3, 0.4) is 0 Å². The first-order valence-corrected chi connectivity index (χ1v) is 6.70. The summed E-state index contributed by atoms with van der Waals surface area (Å²) in [6.45, 7) is 2.56. The van der Waals surface area contributed by atoms with Gasteiger partial charge in [0.2, 0.25) is 0 Å². The third kappa shape index (κ3) is 19.2. The molecular formula is C12H25BMgO3. The molecular weight excluding hydrogens is 227 g/mol. The van der Waals surface area contributed by atoms with Crippen LogP contribution in [0.2, 0.25) is 0 Å². The zero-order valence-electron chi connectivity index (χ0n) is 11.3. The Balaban J connectivity index is 0. The van der Waals surface area contributed by atoms with Gasteiger partial charge in [-0.1, -0.05) is 64.7 Å². The number of hydrogen-bond donors (Lipinski definition) is 0. The van der Waals surface area contributed by atoms with E-state index in [0.29, 0.717) is 6.61 Å². The smallest absolute Gasteiger partial charge is 0.871 e. The summed E-state index contributed by atoms with van der Waals surface area (Å²) >= 11 is 0. The van der Waals surface area contributed by atoms with Crippen LogP contribution in [0.25, 0.3) is 0 Å². The summed E-state index contributed by atoms with van der Waals surface area (Å²) in [5.41, 5.74) is 0. The van der Waals surface area contributed by atoms with Gasteiger partial charge in [-0.25, -0.2) is 0 Å². The van der Waals surface area contributed by atoms with Crippen molar-refractivity contribution in [1.29, 1.82) is 0 Å². The van der Waals surface area contributed by atoms with Gasteiger partial charge >= 0.3 is 23.1 Å². The van der Waals surface area contributed by atoms with E-state index in [-0.39, 0.29) is 23.1 Å². The number of unbranched alkanes of at least 4 members (excludes halogenated alkanes) is 9. The Morgan fingerprint density at radius 1 is 0.765 bits per heavy atom. The van der Waals surface area contributed by atoms with Crippen molar-refractivity contribution in [2.75, 3.05) is 6.61 Å². The maximum atomic E-state index is 10.0. The summed E-state index contributed by atoms with van der Waals surface area (Å²) < 4.78 is 4.40. The van der Waals surface area contributed by atoms with Gasteiger partial charge in [0.15, 0.2) is 0 Å². The Morgan fingerprint density at radius 3 is 1.59 bits per heavy atom. The summed E-state index contributed by atoms with van der Waals surface area (Å²) in [6, 6.07) is 0. The van der Waals surface area contributed by atoms with Crippen molar-refractivity contribution in [3.8, 4) is 0 Å². The predicted molar refractivity (Wildman–Crippen MR) is 69.3 cm³/mol. The summed E-state index contributed by atoms with van der Waals surface area (Å²) in [5.74, 6) is 0. The minimum absolute atomic E-state index is 0. The predicted octanol–water partition coefficient (Wildman–Crippen LogP) is 1.25.